The van der Waals surface area contributed by atoms with E-state index < -0.39 is 0 Å². The van der Waals surface area contributed by atoms with Crippen LogP contribution in [0.1, 0.15) is 44.1 Å². The minimum atomic E-state index is -0.318. The number of nitrogens with zero attached hydrogens (tertiary/aromatic N) is 2. The standard InChI is InChI=1S/C21H27FN2O3/c22-17-6-3-5-16(13-17)14-19(25)23-11-9-21(15-23)8-4-7-18(21)20(26)24-10-1-2-12-27-24/h3,5-6,13,18H,1-2,4,7-12,14-15H2/t18-,21-/m1/s1. The van der Waals surface area contributed by atoms with Crippen LogP contribution >= 0.6 is 0 Å². The monoisotopic (exact) mass is 374 g/mol. The molecule has 146 valence electrons. The Morgan fingerprint density at radius 2 is 2.07 bits per heavy atom. The molecule has 3 fully saturated rings. The van der Waals surface area contributed by atoms with E-state index in [1.807, 2.05) is 4.90 Å². The quantitative estimate of drug-likeness (QED) is 0.817. The van der Waals surface area contributed by atoms with Crippen LogP contribution in [0.15, 0.2) is 24.3 Å². The summed E-state index contributed by atoms with van der Waals surface area (Å²) in [6.45, 7) is 2.60. The average molecular weight is 374 g/mol. The van der Waals surface area contributed by atoms with Crippen molar-refractivity contribution in [1.29, 1.82) is 0 Å². The molecule has 1 aliphatic carbocycles. The predicted octanol–water partition coefficient (Wildman–Crippen LogP) is 2.94. The smallest absolute Gasteiger partial charge is 0.249 e. The van der Waals surface area contributed by atoms with Gasteiger partial charge in [0.2, 0.25) is 11.8 Å². The van der Waals surface area contributed by atoms with E-state index >= 15 is 0 Å². The van der Waals surface area contributed by atoms with Gasteiger partial charge >= 0.3 is 0 Å². The zero-order valence-electron chi connectivity index (χ0n) is 15.7. The fourth-order valence-electron chi connectivity index (χ4n) is 5.00. The number of hydrogen-bond donors (Lipinski definition) is 0. The molecule has 0 N–H and O–H groups in total. The minimum Gasteiger partial charge on any atom is -0.342 e. The van der Waals surface area contributed by atoms with Gasteiger partial charge < -0.3 is 4.90 Å². The maximum absolute atomic E-state index is 13.4. The van der Waals surface area contributed by atoms with Crippen LogP contribution in [0.5, 0.6) is 0 Å². The van der Waals surface area contributed by atoms with Crippen LogP contribution in [-0.2, 0) is 20.8 Å². The van der Waals surface area contributed by atoms with Gasteiger partial charge in [0.05, 0.1) is 13.0 Å². The summed E-state index contributed by atoms with van der Waals surface area (Å²) in [5.41, 5.74) is 0.580. The molecule has 2 amide bonds. The van der Waals surface area contributed by atoms with Gasteiger partial charge in [0.1, 0.15) is 5.82 Å². The van der Waals surface area contributed by atoms with Crippen LogP contribution in [0, 0.1) is 17.2 Å². The summed E-state index contributed by atoms with van der Waals surface area (Å²) in [4.78, 5) is 33.2. The zero-order chi connectivity index (χ0) is 18.9. The Kier molecular flexibility index (Phi) is 5.17. The highest BCUT2D eigenvalue weighted by Crippen LogP contribution is 2.50. The molecule has 2 aliphatic heterocycles. The molecule has 3 aliphatic rings. The fraction of sp³-hybridized carbons (Fsp3) is 0.619. The van der Waals surface area contributed by atoms with Gasteiger partial charge in [0, 0.05) is 31.0 Å². The minimum absolute atomic E-state index is 0.0183. The van der Waals surface area contributed by atoms with Crippen LogP contribution in [0.4, 0.5) is 4.39 Å². The number of rotatable bonds is 3. The van der Waals surface area contributed by atoms with Crippen LogP contribution in [0.2, 0.25) is 0 Å². The van der Waals surface area contributed by atoms with Crippen molar-refractivity contribution >= 4 is 11.8 Å². The number of hydrogen-bond acceptors (Lipinski definition) is 3. The van der Waals surface area contributed by atoms with Gasteiger partial charge in [0.15, 0.2) is 0 Å². The Balaban J connectivity index is 1.42. The summed E-state index contributed by atoms with van der Waals surface area (Å²) in [5.74, 6) is -0.250. The van der Waals surface area contributed by atoms with E-state index in [9.17, 15) is 14.0 Å². The van der Waals surface area contributed by atoms with Crippen molar-refractivity contribution in [1.82, 2.24) is 9.96 Å². The van der Waals surface area contributed by atoms with Gasteiger partial charge in [-0.15, -0.1) is 0 Å². The Morgan fingerprint density at radius 1 is 1.19 bits per heavy atom. The maximum atomic E-state index is 13.4. The van der Waals surface area contributed by atoms with Gasteiger partial charge in [-0.05, 0) is 49.8 Å². The van der Waals surface area contributed by atoms with E-state index in [1.165, 1.54) is 12.1 Å². The molecule has 1 spiro atoms. The van der Waals surface area contributed by atoms with Gasteiger partial charge in [-0.25, -0.2) is 9.45 Å². The lowest BCUT2D eigenvalue weighted by Gasteiger charge is -2.35. The summed E-state index contributed by atoms with van der Waals surface area (Å²) >= 11 is 0. The molecular weight excluding hydrogens is 347 g/mol. The van der Waals surface area contributed by atoms with E-state index in [0.717, 1.165) is 38.5 Å². The predicted molar refractivity (Wildman–Crippen MR) is 98.0 cm³/mol. The first-order chi connectivity index (χ1) is 13.1. The number of carbonyl (C=O) groups excluding carboxylic acids is 2. The van der Waals surface area contributed by atoms with Crippen LogP contribution in [-0.4, -0.2) is 48.0 Å². The van der Waals surface area contributed by atoms with E-state index in [0.29, 0.717) is 31.8 Å². The first-order valence-electron chi connectivity index (χ1n) is 10.0. The van der Waals surface area contributed by atoms with E-state index in [2.05, 4.69) is 0 Å². The molecule has 2 heterocycles. The second-order valence-corrected chi connectivity index (χ2v) is 8.16. The molecule has 0 unspecified atom stereocenters. The topological polar surface area (TPSA) is 49.9 Å². The fourth-order valence-corrected chi connectivity index (χ4v) is 5.00. The van der Waals surface area contributed by atoms with Crippen LogP contribution in [0.25, 0.3) is 0 Å². The molecule has 1 saturated carbocycles. The summed E-state index contributed by atoms with van der Waals surface area (Å²) in [6.07, 6.45) is 5.96. The van der Waals surface area contributed by atoms with Crippen molar-refractivity contribution in [2.75, 3.05) is 26.2 Å². The molecule has 1 aromatic carbocycles. The summed E-state index contributed by atoms with van der Waals surface area (Å²) < 4.78 is 13.4. The van der Waals surface area contributed by atoms with E-state index in [4.69, 9.17) is 4.84 Å². The first-order valence-corrected chi connectivity index (χ1v) is 10.0. The molecule has 6 heteroatoms. The molecule has 27 heavy (non-hydrogen) atoms. The first kappa shape index (κ1) is 18.4. The largest absolute Gasteiger partial charge is 0.342 e. The van der Waals surface area contributed by atoms with Crippen molar-refractivity contribution in [2.24, 2.45) is 11.3 Å². The molecule has 4 rings (SSSR count). The van der Waals surface area contributed by atoms with Gasteiger partial charge in [-0.2, -0.15) is 0 Å². The number of benzene rings is 1. The molecule has 2 atom stereocenters. The van der Waals surface area contributed by atoms with Crippen LogP contribution < -0.4 is 0 Å². The van der Waals surface area contributed by atoms with Crippen molar-refractivity contribution in [3.05, 3.63) is 35.6 Å². The van der Waals surface area contributed by atoms with Crippen molar-refractivity contribution in [3.63, 3.8) is 0 Å². The molecule has 0 bridgehead atoms. The second-order valence-electron chi connectivity index (χ2n) is 8.16. The van der Waals surface area contributed by atoms with Gasteiger partial charge in [-0.1, -0.05) is 18.6 Å². The molecule has 0 radical (unpaired) electrons. The summed E-state index contributed by atoms with van der Waals surface area (Å²) in [7, 11) is 0. The molecular formula is C21H27FN2O3. The third-order valence-corrected chi connectivity index (χ3v) is 6.44. The second kappa shape index (κ2) is 7.58. The number of amides is 2. The van der Waals surface area contributed by atoms with E-state index in [1.54, 1.807) is 17.2 Å². The molecule has 5 nitrogen and oxygen atoms in total. The van der Waals surface area contributed by atoms with Gasteiger partial charge in [0.25, 0.3) is 0 Å². The van der Waals surface area contributed by atoms with Gasteiger partial charge in [-0.3, -0.25) is 14.4 Å². The van der Waals surface area contributed by atoms with Crippen molar-refractivity contribution in [2.45, 2.75) is 44.9 Å². The third-order valence-electron chi connectivity index (χ3n) is 6.44. The average Bonchev–Trinajstić information content (AvgIpc) is 3.29. The maximum Gasteiger partial charge on any atom is 0.249 e. The summed E-state index contributed by atoms with van der Waals surface area (Å²) in [5, 5.41) is 1.57. The highest BCUT2D eigenvalue weighted by Gasteiger charge is 2.52. The SMILES string of the molecule is O=C(Cc1cccc(F)c1)N1CC[C@]2(CCC[C@@H]2C(=O)N2CCCCO2)C1. The lowest BCUT2D eigenvalue weighted by Crippen LogP contribution is -2.45. The number of hydroxylamine groups is 2. The normalized spacial score (nSPS) is 28.1. The lowest BCUT2D eigenvalue weighted by atomic mass is 9.76. The van der Waals surface area contributed by atoms with E-state index in [-0.39, 0.29) is 35.4 Å². The lowest BCUT2D eigenvalue weighted by molar-refractivity contribution is -0.204. The number of halogens is 1. The number of carbonyl (C=O) groups is 2. The Morgan fingerprint density at radius 3 is 2.85 bits per heavy atom. The van der Waals surface area contributed by atoms with Crippen LogP contribution in [0.3, 0.4) is 0 Å². The van der Waals surface area contributed by atoms with Crippen molar-refractivity contribution < 1.29 is 18.8 Å². The molecule has 1 aromatic rings. The summed E-state index contributed by atoms with van der Waals surface area (Å²) in [6, 6.07) is 6.21. The van der Waals surface area contributed by atoms with Crippen molar-refractivity contribution in [3.8, 4) is 0 Å². The molecule has 2 saturated heterocycles. The zero-order valence-corrected chi connectivity index (χ0v) is 15.7. The number of likely N-dealkylation sites (tertiary alicyclic amines) is 1. The Labute approximate surface area is 159 Å². The third kappa shape index (κ3) is 3.72. The highest BCUT2D eigenvalue weighted by molar-refractivity contribution is 5.81. The molecule has 0 aromatic heterocycles. The Hall–Kier alpha value is -1.95. The Bertz CT molecular complexity index is 719. The highest BCUT2D eigenvalue weighted by atomic mass is 19.1.